The first kappa shape index (κ1) is 22.0. The first-order valence-electron chi connectivity index (χ1n) is 11.1. The van der Waals surface area contributed by atoms with Crippen LogP contribution in [0.15, 0.2) is 24.3 Å². The lowest BCUT2D eigenvalue weighted by Gasteiger charge is -2.26. The highest BCUT2D eigenvalue weighted by molar-refractivity contribution is 7.17. The number of aromatic nitrogens is 1. The lowest BCUT2D eigenvalue weighted by molar-refractivity contribution is 0.0728. The van der Waals surface area contributed by atoms with E-state index >= 15 is 0 Å². The molecular weight excluding hydrogens is 378 g/mol. The molecule has 0 bridgehead atoms. The van der Waals surface area contributed by atoms with Gasteiger partial charge in [0.2, 0.25) is 0 Å². The Bertz CT molecular complexity index is 789. The van der Waals surface area contributed by atoms with Crippen LogP contribution in [0.1, 0.15) is 66.4 Å². The van der Waals surface area contributed by atoms with Gasteiger partial charge in [0.05, 0.1) is 5.69 Å². The Kier molecular flexibility index (Phi) is 8.25. The second-order valence-corrected chi connectivity index (χ2v) is 9.20. The number of aryl methyl sites for hydroxylation is 2. The summed E-state index contributed by atoms with van der Waals surface area (Å²) in [7, 11) is 2.19. The minimum Gasteiger partial charge on any atom is -0.338 e. The molecule has 1 aromatic heterocycles. The number of hydrogen-bond donors (Lipinski definition) is 0. The molecule has 5 heteroatoms. The number of amides is 1. The highest BCUT2D eigenvalue weighted by Crippen LogP contribution is 2.30. The van der Waals surface area contributed by atoms with Gasteiger partial charge < -0.3 is 9.80 Å². The Labute approximate surface area is 179 Å². The molecule has 2 aliphatic heterocycles. The number of nitrogens with zero attached hydrogens (tertiary/aromatic N) is 3. The van der Waals surface area contributed by atoms with Crippen molar-refractivity contribution in [3.05, 3.63) is 40.4 Å². The Morgan fingerprint density at radius 1 is 1.03 bits per heavy atom. The lowest BCUT2D eigenvalue weighted by Crippen LogP contribution is -2.35. The number of rotatable bonds is 3. The van der Waals surface area contributed by atoms with Gasteiger partial charge in [-0.1, -0.05) is 31.5 Å². The van der Waals surface area contributed by atoms with E-state index in [9.17, 15) is 4.79 Å². The summed E-state index contributed by atoms with van der Waals surface area (Å²) in [5.41, 5.74) is 3.27. The lowest BCUT2D eigenvalue weighted by atomic mass is 10.1. The van der Waals surface area contributed by atoms with Gasteiger partial charge in [-0.3, -0.25) is 4.79 Å². The molecule has 2 fully saturated rings. The topological polar surface area (TPSA) is 36.4 Å². The van der Waals surface area contributed by atoms with Crippen LogP contribution < -0.4 is 0 Å². The summed E-state index contributed by atoms with van der Waals surface area (Å²) in [5, 5.41) is 0.952. The van der Waals surface area contributed by atoms with Crippen LogP contribution in [0, 0.1) is 6.92 Å². The van der Waals surface area contributed by atoms with Gasteiger partial charge in [-0.15, -0.1) is 11.3 Å². The molecule has 0 saturated carbocycles. The average molecular weight is 414 g/mol. The van der Waals surface area contributed by atoms with Crippen molar-refractivity contribution >= 4 is 17.2 Å². The molecule has 158 valence electrons. The second kappa shape index (κ2) is 10.9. The number of thiazole rings is 1. The predicted molar refractivity (Wildman–Crippen MR) is 123 cm³/mol. The zero-order valence-corrected chi connectivity index (χ0v) is 19.1. The number of benzene rings is 1. The van der Waals surface area contributed by atoms with E-state index in [0.29, 0.717) is 0 Å². The van der Waals surface area contributed by atoms with Gasteiger partial charge in [0.15, 0.2) is 0 Å². The molecular formula is C24H35N3OS. The van der Waals surface area contributed by atoms with Gasteiger partial charge in [-0.25, -0.2) is 4.98 Å². The van der Waals surface area contributed by atoms with Crippen molar-refractivity contribution in [1.29, 1.82) is 0 Å². The molecule has 0 aliphatic carbocycles. The van der Waals surface area contributed by atoms with Crippen molar-refractivity contribution < 1.29 is 4.79 Å². The summed E-state index contributed by atoms with van der Waals surface area (Å²) in [6.45, 7) is 8.51. The molecule has 4 nitrogen and oxygen atoms in total. The molecule has 2 aromatic rings. The van der Waals surface area contributed by atoms with E-state index in [1.165, 1.54) is 55.7 Å². The SMILES string of the molecule is CCc1cccc(-c2nc(C)c(C(=O)N3CCCCC3)s2)c1.CN1CCCCC1. The number of carbonyl (C=O) groups excluding carboxylic acids is 1. The molecule has 1 amide bonds. The summed E-state index contributed by atoms with van der Waals surface area (Å²) in [5.74, 6) is 0.160. The monoisotopic (exact) mass is 413 g/mol. The van der Waals surface area contributed by atoms with Gasteiger partial charge in [0.1, 0.15) is 9.88 Å². The van der Waals surface area contributed by atoms with Gasteiger partial charge in [-0.05, 0) is 77.2 Å². The summed E-state index contributed by atoms with van der Waals surface area (Å²) in [4.78, 5) is 22.5. The fraction of sp³-hybridized carbons (Fsp3) is 0.583. The molecule has 2 aliphatic rings. The number of piperidine rings is 2. The third kappa shape index (κ3) is 6.13. The van der Waals surface area contributed by atoms with Gasteiger partial charge in [-0.2, -0.15) is 0 Å². The zero-order chi connectivity index (χ0) is 20.6. The van der Waals surface area contributed by atoms with Gasteiger partial charge >= 0.3 is 0 Å². The summed E-state index contributed by atoms with van der Waals surface area (Å²) < 4.78 is 0. The van der Waals surface area contributed by atoms with Crippen LogP contribution in [0.2, 0.25) is 0 Å². The van der Waals surface area contributed by atoms with Crippen molar-refractivity contribution in [2.24, 2.45) is 0 Å². The van der Waals surface area contributed by atoms with Crippen molar-refractivity contribution in [1.82, 2.24) is 14.8 Å². The van der Waals surface area contributed by atoms with Crippen molar-refractivity contribution in [2.75, 3.05) is 33.2 Å². The summed E-state index contributed by atoms with van der Waals surface area (Å²) >= 11 is 1.53. The number of likely N-dealkylation sites (tertiary alicyclic amines) is 2. The number of carbonyl (C=O) groups is 1. The van der Waals surface area contributed by atoms with E-state index in [2.05, 4.69) is 48.1 Å². The molecule has 0 atom stereocenters. The standard InChI is InChI=1S/C18H22N2OS.C6H13N/c1-3-14-8-7-9-15(12-14)17-19-13(2)16(22-17)18(21)20-10-5-4-6-11-20;1-7-5-3-2-4-6-7/h7-9,12H,3-6,10-11H2,1-2H3;2-6H2,1H3. The molecule has 0 spiro atoms. The van der Waals surface area contributed by atoms with Crippen LogP contribution >= 0.6 is 11.3 Å². The van der Waals surface area contributed by atoms with Crippen LogP contribution in [0.25, 0.3) is 10.6 Å². The third-order valence-electron chi connectivity index (χ3n) is 5.80. The van der Waals surface area contributed by atoms with E-state index in [1.54, 1.807) is 0 Å². The van der Waals surface area contributed by atoms with Crippen LogP contribution in [-0.2, 0) is 6.42 Å². The van der Waals surface area contributed by atoms with Gasteiger partial charge in [0.25, 0.3) is 5.91 Å². The van der Waals surface area contributed by atoms with Crippen LogP contribution in [-0.4, -0.2) is 53.9 Å². The molecule has 4 rings (SSSR count). The normalized spacial score (nSPS) is 17.6. The number of hydrogen-bond acceptors (Lipinski definition) is 4. The Balaban J connectivity index is 0.000000290. The Morgan fingerprint density at radius 2 is 1.69 bits per heavy atom. The van der Waals surface area contributed by atoms with Crippen molar-refractivity contribution in [2.45, 2.75) is 58.8 Å². The molecule has 0 radical (unpaired) electrons. The maximum absolute atomic E-state index is 12.7. The van der Waals surface area contributed by atoms with Crippen LogP contribution in [0.3, 0.4) is 0 Å². The van der Waals surface area contributed by atoms with E-state index in [1.807, 2.05) is 11.8 Å². The first-order valence-corrected chi connectivity index (χ1v) is 11.9. The highest BCUT2D eigenvalue weighted by atomic mass is 32.1. The van der Waals surface area contributed by atoms with Crippen LogP contribution in [0.5, 0.6) is 0 Å². The average Bonchev–Trinajstić information content (AvgIpc) is 3.16. The predicted octanol–water partition coefficient (Wildman–Crippen LogP) is 5.41. The quantitative estimate of drug-likeness (QED) is 0.675. The third-order valence-corrected chi connectivity index (χ3v) is 6.99. The first-order chi connectivity index (χ1) is 14.1. The van der Waals surface area contributed by atoms with Crippen molar-refractivity contribution in [3.63, 3.8) is 0 Å². The maximum atomic E-state index is 12.7. The zero-order valence-electron chi connectivity index (χ0n) is 18.2. The summed E-state index contributed by atoms with van der Waals surface area (Å²) in [6, 6.07) is 8.45. The molecule has 2 saturated heterocycles. The maximum Gasteiger partial charge on any atom is 0.265 e. The molecule has 29 heavy (non-hydrogen) atoms. The molecule has 0 unspecified atom stereocenters. The fourth-order valence-corrected chi connectivity index (χ4v) is 4.97. The summed E-state index contributed by atoms with van der Waals surface area (Å²) in [6.07, 6.45) is 8.76. The van der Waals surface area contributed by atoms with E-state index < -0.39 is 0 Å². The minimum absolute atomic E-state index is 0.160. The van der Waals surface area contributed by atoms with Crippen molar-refractivity contribution in [3.8, 4) is 10.6 Å². The smallest absolute Gasteiger partial charge is 0.265 e. The molecule has 1 aromatic carbocycles. The van der Waals surface area contributed by atoms with Crippen LogP contribution in [0.4, 0.5) is 0 Å². The largest absolute Gasteiger partial charge is 0.338 e. The fourth-order valence-electron chi connectivity index (χ4n) is 3.94. The van der Waals surface area contributed by atoms with E-state index in [-0.39, 0.29) is 5.91 Å². The Hall–Kier alpha value is -1.72. The minimum atomic E-state index is 0.160. The molecule has 3 heterocycles. The highest BCUT2D eigenvalue weighted by Gasteiger charge is 2.23. The van der Waals surface area contributed by atoms with Gasteiger partial charge in [0, 0.05) is 18.7 Å². The molecule has 0 N–H and O–H groups in total. The van der Waals surface area contributed by atoms with E-state index in [4.69, 9.17) is 0 Å². The Morgan fingerprint density at radius 3 is 2.28 bits per heavy atom. The second-order valence-electron chi connectivity index (χ2n) is 8.20. The van der Waals surface area contributed by atoms with E-state index in [0.717, 1.165) is 53.5 Å².